The number of H-pyrrole nitrogens is 1. The Hall–Kier alpha value is -4.66. The summed E-state index contributed by atoms with van der Waals surface area (Å²) in [6.45, 7) is 4.55. The summed E-state index contributed by atoms with van der Waals surface area (Å²) in [5.41, 5.74) is 5.70. The number of carboxylic acid groups (broad SMARTS) is 1. The van der Waals surface area contributed by atoms with Gasteiger partial charge in [0.15, 0.2) is 5.82 Å². The summed E-state index contributed by atoms with van der Waals surface area (Å²) in [7, 11) is 0. The lowest BCUT2D eigenvalue weighted by Crippen LogP contribution is -2.08. The van der Waals surface area contributed by atoms with Crippen LogP contribution in [-0.4, -0.2) is 37.4 Å². The van der Waals surface area contributed by atoms with E-state index in [0.717, 1.165) is 27.8 Å². The molecule has 9 nitrogen and oxygen atoms in total. The number of hydrogen-bond acceptors (Lipinski definition) is 6. The van der Waals surface area contributed by atoms with E-state index in [4.69, 9.17) is 4.74 Å². The average molecular weight is 470 g/mol. The molecule has 0 bridgehead atoms. The second-order valence-electron chi connectivity index (χ2n) is 8.03. The maximum atomic E-state index is 11.9. The molecule has 0 aliphatic rings. The van der Waals surface area contributed by atoms with Gasteiger partial charge in [0.2, 0.25) is 0 Å². The molecule has 5 rings (SSSR count). The Bertz CT molecular complexity index is 1590. The Kier molecular flexibility index (Phi) is 5.66. The van der Waals surface area contributed by atoms with Gasteiger partial charge in [0.25, 0.3) is 6.01 Å². The van der Waals surface area contributed by atoms with Crippen LogP contribution in [0.15, 0.2) is 70.0 Å². The second kappa shape index (κ2) is 8.94. The number of imidazole rings is 1. The Morgan fingerprint density at radius 1 is 1.09 bits per heavy atom. The molecule has 176 valence electrons. The Balaban J connectivity index is 1.55. The molecule has 0 aliphatic heterocycles. The van der Waals surface area contributed by atoms with Crippen LogP contribution in [0.5, 0.6) is 6.01 Å². The highest BCUT2D eigenvalue weighted by molar-refractivity contribution is 6.02. The number of hydrogen-bond donors (Lipinski definition) is 2. The van der Waals surface area contributed by atoms with Crippen molar-refractivity contribution in [1.82, 2.24) is 19.7 Å². The Morgan fingerprint density at radius 3 is 2.49 bits per heavy atom. The molecular weight excluding hydrogens is 448 g/mol. The number of carboxylic acids is 1. The van der Waals surface area contributed by atoms with Gasteiger partial charge >= 0.3 is 11.7 Å². The van der Waals surface area contributed by atoms with E-state index in [-0.39, 0.29) is 5.56 Å². The summed E-state index contributed by atoms with van der Waals surface area (Å²) in [5, 5.41) is 13.6. The van der Waals surface area contributed by atoms with E-state index in [0.29, 0.717) is 36.0 Å². The van der Waals surface area contributed by atoms with Gasteiger partial charge in [-0.05, 0) is 42.2 Å². The maximum Gasteiger partial charge on any atom is 0.439 e. The van der Waals surface area contributed by atoms with Gasteiger partial charge in [0.1, 0.15) is 0 Å². The number of rotatable bonds is 7. The first-order chi connectivity index (χ1) is 17.0. The molecule has 0 amide bonds. The van der Waals surface area contributed by atoms with Gasteiger partial charge in [-0.3, -0.25) is 14.1 Å². The monoisotopic (exact) mass is 470 g/mol. The molecule has 2 N–H and O–H groups in total. The number of ether oxygens (including phenoxy) is 1. The number of aromatic carboxylic acids is 1. The normalized spacial score (nSPS) is 11.1. The van der Waals surface area contributed by atoms with Gasteiger partial charge in [-0.1, -0.05) is 59.8 Å². The van der Waals surface area contributed by atoms with E-state index < -0.39 is 11.7 Å². The van der Waals surface area contributed by atoms with Crippen molar-refractivity contribution in [3.8, 4) is 28.5 Å². The molecule has 0 spiro atoms. The fourth-order valence-electron chi connectivity index (χ4n) is 4.16. The summed E-state index contributed by atoms with van der Waals surface area (Å²) in [4.78, 5) is 30.5. The zero-order chi connectivity index (χ0) is 24.5. The molecule has 0 radical (unpaired) electrons. The zero-order valence-electron chi connectivity index (χ0n) is 19.1. The van der Waals surface area contributed by atoms with E-state index in [1.54, 1.807) is 16.7 Å². The first-order valence-electron chi connectivity index (χ1n) is 11.1. The van der Waals surface area contributed by atoms with Crippen molar-refractivity contribution >= 4 is 17.0 Å². The highest BCUT2D eigenvalue weighted by Gasteiger charge is 2.20. The van der Waals surface area contributed by atoms with E-state index in [2.05, 4.69) is 19.6 Å². The van der Waals surface area contributed by atoms with E-state index in [9.17, 15) is 14.7 Å². The fraction of sp³-hybridized carbons (Fsp3) is 0.154. The molecular formula is C26H22N4O5. The summed E-state index contributed by atoms with van der Waals surface area (Å²) in [5.74, 6) is -1.27. The third-order valence-electron chi connectivity index (χ3n) is 5.79. The molecule has 0 fully saturated rings. The minimum absolute atomic E-state index is 0.177. The minimum Gasteiger partial charge on any atom is -0.478 e. The molecule has 5 aromatic rings. The minimum atomic E-state index is -1.02. The van der Waals surface area contributed by atoms with Gasteiger partial charge in [-0.25, -0.2) is 9.59 Å². The van der Waals surface area contributed by atoms with Crippen molar-refractivity contribution in [2.45, 2.75) is 20.4 Å². The van der Waals surface area contributed by atoms with Crippen LogP contribution >= 0.6 is 0 Å². The number of nitrogens with one attached hydrogen (secondary N) is 1. The maximum absolute atomic E-state index is 11.9. The highest BCUT2D eigenvalue weighted by Crippen LogP contribution is 2.31. The van der Waals surface area contributed by atoms with Crippen molar-refractivity contribution in [2.24, 2.45) is 0 Å². The van der Waals surface area contributed by atoms with Crippen molar-refractivity contribution in [1.29, 1.82) is 0 Å². The van der Waals surface area contributed by atoms with Crippen LogP contribution < -0.4 is 10.5 Å². The summed E-state index contributed by atoms with van der Waals surface area (Å²) < 4.78 is 12.2. The molecule has 0 saturated heterocycles. The van der Waals surface area contributed by atoms with Crippen molar-refractivity contribution in [3.05, 3.63) is 87.9 Å². The van der Waals surface area contributed by atoms with E-state index in [1.807, 2.05) is 62.4 Å². The third-order valence-corrected chi connectivity index (χ3v) is 5.79. The fourth-order valence-corrected chi connectivity index (χ4v) is 4.16. The number of aryl methyl sites for hydroxylation is 1. The zero-order valence-corrected chi connectivity index (χ0v) is 19.1. The van der Waals surface area contributed by atoms with Gasteiger partial charge in [0, 0.05) is 5.56 Å². The van der Waals surface area contributed by atoms with Crippen LogP contribution in [0.2, 0.25) is 0 Å². The SMILES string of the molecule is CCOc1nc2c(C)ccc(C(=O)O)c2n1Cc1ccc(-c2ccccc2-c2noc(=O)[nH]2)cc1. The quantitative estimate of drug-likeness (QED) is 0.359. The van der Waals surface area contributed by atoms with Gasteiger partial charge in [0.05, 0.1) is 29.7 Å². The van der Waals surface area contributed by atoms with Gasteiger partial charge in [-0.15, -0.1) is 0 Å². The average Bonchev–Trinajstić information content (AvgIpc) is 3.44. The van der Waals surface area contributed by atoms with Crippen molar-refractivity contribution in [2.75, 3.05) is 6.61 Å². The largest absolute Gasteiger partial charge is 0.478 e. The molecule has 35 heavy (non-hydrogen) atoms. The molecule has 0 unspecified atom stereocenters. The van der Waals surface area contributed by atoms with Crippen LogP contribution in [-0.2, 0) is 6.54 Å². The van der Waals surface area contributed by atoms with Crippen LogP contribution in [0.4, 0.5) is 0 Å². The highest BCUT2D eigenvalue weighted by atomic mass is 16.5. The smallest absolute Gasteiger partial charge is 0.439 e. The van der Waals surface area contributed by atoms with Crippen LogP contribution in [0.25, 0.3) is 33.5 Å². The van der Waals surface area contributed by atoms with Crippen molar-refractivity contribution < 1.29 is 19.2 Å². The molecule has 0 atom stereocenters. The van der Waals surface area contributed by atoms with Crippen LogP contribution in [0.1, 0.15) is 28.4 Å². The van der Waals surface area contributed by atoms with Gasteiger partial charge < -0.3 is 9.84 Å². The number of fused-ring (bicyclic) bond motifs is 1. The number of aromatic amines is 1. The van der Waals surface area contributed by atoms with E-state index in [1.165, 1.54) is 0 Å². The predicted molar refractivity (Wildman–Crippen MR) is 130 cm³/mol. The van der Waals surface area contributed by atoms with Crippen molar-refractivity contribution in [3.63, 3.8) is 0 Å². The number of carbonyl (C=O) groups is 1. The first kappa shape index (κ1) is 22.1. The van der Waals surface area contributed by atoms with Crippen LogP contribution in [0.3, 0.4) is 0 Å². The molecule has 3 aromatic carbocycles. The predicted octanol–water partition coefficient (Wildman–Crippen LogP) is 4.50. The molecule has 2 aromatic heterocycles. The summed E-state index contributed by atoms with van der Waals surface area (Å²) in [6, 6.07) is 19.2. The third kappa shape index (κ3) is 4.08. The molecule has 2 heterocycles. The first-order valence-corrected chi connectivity index (χ1v) is 11.1. The molecule has 9 heteroatoms. The molecule has 0 aliphatic carbocycles. The Morgan fingerprint density at radius 2 is 1.83 bits per heavy atom. The lowest BCUT2D eigenvalue weighted by molar-refractivity contribution is 0.0698. The van der Waals surface area contributed by atoms with E-state index >= 15 is 0 Å². The number of nitrogens with zero attached hydrogens (tertiary/aromatic N) is 3. The number of benzene rings is 3. The topological polar surface area (TPSA) is 123 Å². The van der Waals surface area contributed by atoms with Gasteiger partial charge in [-0.2, -0.15) is 4.98 Å². The lowest BCUT2D eigenvalue weighted by Gasteiger charge is -2.12. The molecule has 0 saturated carbocycles. The standard InChI is InChI=1S/C26H22N4O5/c1-3-34-25-27-21-15(2)8-13-20(24(31)32)22(21)30(25)14-16-9-11-17(12-10-16)18-6-4-5-7-19(18)23-28-26(33)35-29-23/h4-13H,3,14H2,1-2H3,(H,31,32)(H,28,29,33). The lowest BCUT2D eigenvalue weighted by atomic mass is 9.98. The summed E-state index contributed by atoms with van der Waals surface area (Å²) >= 11 is 0. The van der Waals surface area contributed by atoms with Crippen LogP contribution in [0, 0.1) is 6.92 Å². The second-order valence-corrected chi connectivity index (χ2v) is 8.03. The summed E-state index contributed by atoms with van der Waals surface area (Å²) in [6.07, 6.45) is 0. The Labute approximate surface area is 199 Å². The number of aromatic nitrogens is 4.